The lowest BCUT2D eigenvalue weighted by molar-refractivity contribution is -0.133. The Bertz CT molecular complexity index is 1060. The van der Waals surface area contributed by atoms with Crippen molar-refractivity contribution in [3.8, 4) is 22.6 Å². The largest absolute Gasteiger partial charge is 0.489 e. The Balaban J connectivity index is 1.84. The van der Waals surface area contributed by atoms with E-state index in [-0.39, 0.29) is 29.1 Å². The topological polar surface area (TPSA) is 77.2 Å². The maximum atomic E-state index is 13.3. The van der Waals surface area contributed by atoms with Crippen LogP contribution < -0.4 is 15.2 Å². The summed E-state index contributed by atoms with van der Waals surface area (Å²) in [5.41, 5.74) is 6.63. The van der Waals surface area contributed by atoms with Gasteiger partial charge in [0.1, 0.15) is 17.6 Å². The van der Waals surface area contributed by atoms with Gasteiger partial charge in [0.25, 0.3) is 5.91 Å². The van der Waals surface area contributed by atoms with Crippen molar-refractivity contribution in [1.82, 2.24) is 4.90 Å². The quantitative estimate of drug-likeness (QED) is 0.796. The molecule has 6 nitrogen and oxygen atoms in total. The number of rotatable bonds is 3. The number of nitrogens with two attached hydrogens (primary N) is 1. The molecule has 4 rings (SSSR count). The summed E-state index contributed by atoms with van der Waals surface area (Å²) in [6.45, 7) is 3.24. The van der Waals surface area contributed by atoms with E-state index in [1.807, 2.05) is 12.1 Å². The van der Waals surface area contributed by atoms with Crippen LogP contribution in [0, 0.1) is 5.41 Å². The van der Waals surface area contributed by atoms with E-state index in [0.29, 0.717) is 23.3 Å². The number of carbonyl (C=O) groups excluding carboxylic acids is 1. The first-order chi connectivity index (χ1) is 14.5. The van der Waals surface area contributed by atoms with E-state index in [1.165, 1.54) is 17.0 Å². The van der Waals surface area contributed by atoms with Gasteiger partial charge in [0.05, 0.1) is 0 Å². The average Bonchev–Trinajstić information content (AvgIpc) is 2.91. The van der Waals surface area contributed by atoms with Gasteiger partial charge in [-0.1, -0.05) is 39.0 Å². The number of guanidine groups is 1. The fraction of sp³-hybridized carbons (Fsp3) is 0.391. The van der Waals surface area contributed by atoms with E-state index in [2.05, 4.69) is 30.5 Å². The molecule has 1 amide bonds. The first-order valence-corrected chi connectivity index (χ1v) is 10.0. The summed E-state index contributed by atoms with van der Waals surface area (Å²) in [7, 11) is 1.60. The third kappa shape index (κ3) is 3.60. The number of carbonyl (C=O) groups is 1. The first-order valence-electron chi connectivity index (χ1n) is 10.0. The molecule has 0 saturated carbocycles. The van der Waals surface area contributed by atoms with Crippen molar-refractivity contribution < 1.29 is 23.0 Å². The number of benzene rings is 2. The molecule has 2 atom stereocenters. The van der Waals surface area contributed by atoms with Gasteiger partial charge in [0.2, 0.25) is 0 Å². The molecule has 0 fully saturated rings. The van der Waals surface area contributed by atoms with Crippen molar-refractivity contribution in [2.24, 2.45) is 16.1 Å². The normalized spacial score (nSPS) is 23.1. The maximum absolute atomic E-state index is 13.3. The molecule has 0 bridgehead atoms. The van der Waals surface area contributed by atoms with Crippen molar-refractivity contribution in [3.63, 3.8) is 0 Å². The number of ether oxygens (including phenoxy) is 2. The Hall–Kier alpha value is -3.16. The number of amides is 1. The van der Waals surface area contributed by atoms with Crippen molar-refractivity contribution in [2.75, 3.05) is 7.05 Å². The van der Waals surface area contributed by atoms with Crippen molar-refractivity contribution in [3.05, 3.63) is 48.0 Å². The summed E-state index contributed by atoms with van der Waals surface area (Å²) >= 11 is 0. The van der Waals surface area contributed by atoms with E-state index in [4.69, 9.17) is 10.5 Å². The van der Waals surface area contributed by atoms with Crippen LogP contribution in [-0.4, -0.2) is 36.5 Å². The molecule has 164 valence electrons. The zero-order valence-electron chi connectivity index (χ0n) is 17.9. The van der Waals surface area contributed by atoms with Crippen molar-refractivity contribution in [1.29, 1.82) is 0 Å². The van der Waals surface area contributed by atoms with E-state index in [9.17, 15) is 13.6 Å². The molecule has 2 aromatic rings. The molecule has 2 aliphatic rings. The number of hydrogen-bond acceptors (Lipinski definition) is 5. The second kappa shape index (κ2) is 7.21. The molecule has 8 heteroatoms. The predicted molar refractivity (Wildman–Crippen MR) is 113 cm³/mol. The summed E-state index contributed by atoms with van der Waals surface area (Å²) in [4.78, 5) is 19.3. The van der Waals surface area contributed by atoms with E-state index in [0.717, 1.165) is 5.56 Å². The monoisotopic (exact) mass is 429 g/mol. The van der Waals surface area contributed by atoms with Gasteiger partial charge in [-0.15, -0.1) is 0 Å². The summed E-state index contributed by atoms with van der Waals surface area (Å²) in [6.07, 6.45) is 0.103. The first kappa shape index (κ1) is 21.1. The number of hydrogen-bond donors (Lipinski definition) is 1. The van der Waals surface area contributed by atoms with Gasteiger partial charge in [0, 0.05) is 19.0 Å². The molecule has 0 aliphatic carbocycles. The predicted octanol–water partition coefficient (Wildman–Crippen LogP) is 4.13. The number of fused-ring (bicyclic) bond motifs is 2. The van der Waals surface area contributed by atoms with Crippen LogP contribution >= 0.6 is 0 Å². The lowest BCUT2D eigenvalue weighted by Gasteiger charge is -2.42. The maximum Gasteiger partial charge on any atom is 0.387 e. The van der Waals surface area contributed by atoms with Crippen LogP contribution in [0.3, 0.4) is 0 Å². The number of likely N-dealkylation sites (N-methyl/N-ethyl adjacent to an activating group) is 1. The summed E-state index contributed by atoms with van der Waals surface area (Å²) < 4.78 is 36.0. The van der Waals surface area contributed by atoms with E-state index in [1.54, 1.807) is 25.2 Å². The van der Waals surface area contributed by atoms with Gasteiger partial charge in [-0.25, -0.2) is 4.99 Å². The number of nitrogens with zero attached hydrogens (tertiary/aromatic N) is 2. The minimum absolute atomic E-state index is 0.0583. The highest BCUT2D eigenvalue weighted by Crippen LogP contribution is 2.49. The molecule has 2 N–H and O–H groups in total. The summed E-state index contributed by atoms with van der Waals surface area (Å²) in [6, 6.07) is 11.9. The van der Waals surface area contributed by atoms with Crippen LogP contribution in [0.4, 0.5) is 8.78 Å². The molecule has 2 aromatic carbocycles. The average molecular weight is 429 g/mol. The van der Waals surface area contributed by atoms with Gasteiger partial charge in [0.15, 0.2) is 11.5 Å². The molecular weight excluding hydrogens is 404 g/mol. The highest BCUT2D eigenvalue weighted by molar-refractivity contribution is 6.07. The van der Waals surface area contributed by atoms with Crippen LogP contribution in [-0.2, 0) is 10.3 Å². The minimum Gasteiger partial charge on any atom is -0.489 e. The molecule has 2 aliphatic heterocycles. The Morgan fingerprint density at radius 1 is 1.23 bits per heavy atom. The highest BCUT2D eigenvalue weighted by atomic mass is 19.3. The van der Waals surface area contributed by atoms with Gasteiger partial charge in [-0.3, -0.25) is 9.69 Å². The number of aliphatic imine (C=N–C) groups is 1. The lowest BCUT2D eigenvalue weighted by atomic mass is 9.74. The highest BCUT2D eigenvalue weighted by Gasteiger charge is 2.55. The Morgan fingerprint density at radius 2 is 1.94 bits per heavy atom. The van der Waals surface area contributed by atoms with E-state index < -0.39 is 12.2 Å². The molecule has 0 radical (unpaired) electrons. The third-order valence-corrected chi connectivity index (χ3v) is 5.84. The molecule has 0 saturated heterocycles. The van der Waals surface area contributed by atoms with Crippen LogP contribution in [0.1, 0.15) is 32.8 Å². The van der Waals surface area contributed by atoms with Gasteiger partial charge in [-0.2, -0.15) is 8.78 Å². The molecule has 31 heavy (non-hydrogen) atoms. The molecular formula is C23H25F2N3O3. The molecule has 1 spiro atoms. The van der Waals surface area contributed by atoms with Gasteiger partial charge >= 0.3 is 6.61 Å². The second-order valence-corrected chi connectivity index (χ2v) is 8.99. The SMILES string of the molecule is CN1C(=O)C2(CC(C(C)(C)C)Oc3ccc(-c4cccc(OC(F)F)c4)cc32)N=C1N. The fourth-order valence-electron chi connectivity index (χ4n) is 4.05. The van der Waals surface area contributed by atoms with Gasteiger partial charge < -0.3 is 15.2 Å². The third-order valence-electron chi connectivity index (χ3n) is 5.84. The van der Waals surface area contributed by atoms with Crippen LogP contribution in [0.25, 0.3) is 11.1 Å². The zero-order valence-corrected chi connectivity index (χ0v) is 17.9. The smallest absolute Gasteiger partial charge is 0.387 e. The number of halogens is 2. The standard InChI is InChI=1S/C23H25F2N3O3/c1-22(2,3)18-12-23(19(29)28(4)21(26)27-23)16-11-14(8-9-17(16)31-18)13-6-5-7-15(10-13)30-20(24)25/h5-11,18,20H,12H2,1-4H3,(H2,26,27). The summed E-state index contributed by atoms with van der Waals surface area (Å²) in [5, 5.41) is 0. The lowest BCUT2D eigenvalue weighted by Crippen LogP contribution is -2.48. The Morgan fingerprint density at radius 3 is 2.55 bits per heavy atom. The zero-order chi connectivity index (χ0) is 22.6. The second-order valence-electron chi connectivity index (χ2n) is 8.99. The van der Waals surface area contributed by atoms with E-state index >= 15 is 0 Å². The van der Waals surface area contributed by atoms with Crippen molar-refractivity contribution >= 4 is 11.9 Å². The Labute approximate surface area is 179 Å². The van der Waals surface area contributed by atoms with Crippen LogP contribution in [0.15, 0.2) is 47.5 Å². The minimum atomic E-state index is -2.91. The molecule has 0 aromatic heterocycles. The van der Waals surface area contributed by atoms with Gasteiger partial charge in [-0.05, 0) is 40.8 Å². The number of alkyl halides is 2. The molecule has 2 heterocycles. The molecule has 2 unspecified atom stereocenters. The Kier molecular flexibility index (Phi) is 4.91. The summed E-state index contributed by atoms with van der Waals surface area (Å²) in [5.74, 6) is 0.567. The van der Waals surface area contributed by atoms with Crippen molar-refractivity contribution in [2.45, 2.75) is 45.4 Å². The van der Waals surface area contributed by atoms with Crippen LogP contribution in [0.5, 0.6) is 11.5 Å². The fourth-order valence-corrected chi connectivity index (χ4v) is 4.05. The van der Waals surface area contributed by atoms with Crippen LogP contribution in [0.2, 0.25) is 0 Å².